The number of amides is 2. The minimum absolute atomic E-state index is 0.0153. The first-order chi connectivity index (χ1) is 9.34. The number of urea groups is 1. The molecular weight excluding hydrogens is 258 g/mol. The topological polar surface area (TPSA) is 72.9 Å². The molecule has 0 saturated heterocycles. The van der Waals surface area contributed by atoms with Gasteiger partial charge in [-0.1, -0.05) is 19.8 Å². The Kier molecular flexibility index (Phi) is 5.80. The molecule has 1 fully saturated rings. The third-order valence-electron chi connectivity index (χ3n) is 4.51. The quantitative estimate of drug-likeness (QED) is 0.773. The number of hydrogen-bond donors (Lipinski definition) is 2. The SMILES string of the molecule is CCC(C(=O)O)N(C)C(=O)NCC1(N(C)C)CCCC1. The van der Waals surface area contributed by atoms with Gasteiger partial charge in [-0.25, -0.2) is 9.59 Å². The zero-order valence-corrected chi connectivity index (χ0v) is 13.0. The van der Waals surface area contributed by atoms with Crippen molar-refractivity contribution in [3.63, 3.8) is 0 Å². The van der Waals surface area contributed by atoms with Crippen LogP contribution in [0.2, 0.25) is 0 Å². The van der Waals surface area contributed by atoms with Gasteiger partial charge in [0, 0.05) is 19.1 Å². The summed E-state index contributed by atoms with van der Waals surface area (Å²) >= 11 is 0. The fraction of sp³-hybridized carbons (Fsp3) is 0.857. The van der Waals surface area contributed by atoms with Gasteiger partial charge < -0.3 is 20.2 Å². The second-order valence-electron chi connectivity index (χ2n) is 5.86. The van der Waals surface area contributed by atoms with E-state index in [-0.39, 0.29) is 11.6 Å². The first-order valence-electron chi connectivity index (χ1n) is 7.25. The second kappa shape index (κ2) is 6.92. The van der Waals surface area contributed by atoms with Crippen LogP contribution in [-0.4, -0.2) is 66.2 Å². The highest BCUT2D eigenvalue weighted by Gasteiger charge is 2.36. The van der Waals surface area contributed by atoms with Crippen LogP contribution >= 0.6 is 0 Å². The molecule has 6 nitrogen and oxygen atoms in total. The minimum Gasteiger partial charge on any atom is -0.480 e. The third kappa shape index (κ3) is 3.62. The molecule has 1 rings (SSSR count). The lowest BCUT2D eigenvalue weighted by molar-refractivity contribution is -0.141. The first kappa shape index (κ1) is 16.8. The van der Waals surface area contributed by atoms with E-state index in [1.807, 2.05) is 14.1 Å². The molecule has 1 unspecified atom stereocenters. The van der Waals surface area contributed by atoms with Gasteiger partial charge in [0.15, 0.2) is 0 Å². The van der Waals surface area contributed by atoms with Gasteiger partial charge in [0.2, 0.25) is 0 Å². The lowest BCUT2D eigenvalue weighted by atomic mass is 9.96. The highest BCUT2D eigenvalue weighted by Crippen LogP contribution is 2.33. The van der Waals surface area contributed by atoms with Crippen molar-refractivity contribution in [2.45, 2.75) is 50.6 Å². The molecule has 20 heavy (non-hydrogen) atoms. The lowest BCUT2D eigenvalue weighted by Gasteiger charge is -2.37. The van der Waals surface area contributed by atoms with Crippen molar-refractivity contribution >= 4 is 12.0 Å². The Balaban J connectivity index is 2.59. The number of hydrogen-bond acceptors (Lipinski definition) is 3. The third-order valence-corrected chi connectivity index (χ3v) is 4.51. The van der Waals surface area contributed by atoms with Crippen LogP contribution in [0.3, 0.4) is 0 Å². The van der Waals surface area contributed by atoms with E-state index in [4.69, 9.17) is 5.11 Å². The average Bonchev–Trinajstić information content (AvgIpc) is 2.86. The molecule has 0 bridgehead atoms. The summed E-state index contributed by atoms with van der Waals surface area (Å²) in [5, 5.41) is 12.0. The molecule has 0 heterocycles. The number of likely N-dealkylation sites (N-methyl/N-ethyl adjacent to an activating group) is 2. The monoisotopic (exact) mass is 285 g/mol. The number of carbonyl (C=O) groups is 2. The maximum Gasteiger partial charge on any atom is 0.326 e. The van der Waals surface area contributed by atoms with Crippen LogP contribution in [0.4, 0.5) is 4.79 Å². The Bertz CT molecular complexity index is 352. The maximum absolute atomic E-state index is 12.1. The number of nitrogens with one attached hydrogen (secondary N) is 1. The van der Waals surface area contributed by atoms with Crippen molar-refractivity contribution in [3.8, 4) is 0 Å². The molecule has 1 saturated carbocycles. The summed E-state index contributed by atoms with van der Waals surface area (Å²) in [6.45, 7) is 2.33. The number of aliphatic carboxylic acids is 1. The molecule has 1 atom stereocenters. The summed E-state index contributed by atoms with van der Waals surface area (Å²) in [5.41, 5.74) is 0.0153. The fourth-order valence-corrected chi connectivity index (χ4v) is 2.94. The number of rotatable bonds is 6. The summed E-state index contributed by atoms with van der Waals surface area (Å²) in [4.78, 5) is 26.6. The van der Waals surface area contributed by atoms with Crippen molar-refractivity contribution in [2.75, 3.05) is 27.7 Å². The second-order valence-corrected chi connectivity index (χ2v) is 5.86. The fourth-order valence-electron chi connectivity index (χ4n) is 2.94. The highest BCUT2D eigenvalue weighted by atomic mass is 16.4. The summed E-state index contributed by atoms with van der Waals surface area (Å²) in [6.07, 6.45) is 4.89. The van der Waals surface area contributed by atoms with E-state index >= 15 is 0 Å². The Labute approximate surface area is 121 Å². The van der Waals surface area contributed by atoms with Crippen LogP contribution in [0.1, 0.15) is 39.0 Å². The van der Waals surface area contributed by atoms with Crippen molar-refractivity contribution in [1.29, 1.82) is 0 Å². The summed E-state index contributed by atoms with van der Waals surface area (Å²) < 4.78 is 0. The van der Waals surface area contributed by atoms with E-state index in [9.17, 15) is 9.59 Å². The van der Waals surface area contributed by atoms with Gasteiger partial charge in [-0.15, -0.1) is 0 Å². The molecule has 0 spiro atoms. The van der Waals surface area contributed by atoms with Gasteiger partial charge in [0.05, 0.1) is 0 Å². The Morgan fingerprint density at radius 1 is 1.25 bits per heavy atom. The molecule has 2 amide bonds. The molecule has 6 heteroatoms. The molecule has 0 aromatic rings. The maximum atomic E-state index is 12.1. The van der Waals surface area contributed by atoms with Crippen LogP contribution in [0.5, 0.6) is 0 Å². The summed E-state index contributed by atoms with van der Waals surface area (Å²) in [5.74, 6) is -0.965. The van der Waals surface area contributed by atoms with E-state index in [1.165, 1.54) is 24.8 Å². The number of nitrogens with zero attached hydrogens (tertiary/aromatic N) is 2. The van der Waals surface area contributed by atoms with Crippen LogP contribution in [0.25, 0.3) is 0 Å². The Morgan fingerprint density at radius 3 is 2.20 bits per heavy atom. The normalized spacial score (nSPS) is 18.9. The largest absolute Gasteiger partial charge is 0.480 e. The van der Waals surface area contributed by atoms with Crippen molar-refractivity contribution in [1.82, 2.24) is 15.1 Å². The molecule has 0 radical (unpaired) electrons. The molecule has 1 aliphatic rings. The molecular formula is C14H27N3O3. The smallest absolute Gasteiger partial charge is 0.326 e. The van der Waals surface area contributed by atoms with E-state index in [0.717, 1.165) is 12.8 Å². The van der Waals surface area contributed by atoms with Crippen molar-refractivity contribution < 1.29 is 14.7 Å². The molecule has 1 aliphatic carbocycles. The zero-order chi connectivity index (χ0) is 15.3. The van der Waals surface area contributed by atoms with Crippen LogP contribution in [0.15, 0.2) is 0 Å². The summed E-state index contributed by atoms with van der Waals surface area (Å²) in [6, 6.07) is -1.08. The van der Waals surface area contributed by atoms with Crippen LogP contribution in [0, 0.1) is 0 Å². The van der Waals surface area contributed by atoms with Crippen molar-refractivity contribution in [3.05, 3.63) is 0 Å². The first-order valence-corrected chi connectivity index (χ1v) is 7.25. The van der Waals surface area contributed by atoms with Crippen LogP contribution < -0.4 is 5.32 Å². The van der Waals surface area contributed by atoms with Crippen molar-refractivity contribution in [2.24, 2.45) is 0 Å². The molecule has 0 aliphatic heterocycles. The van der Waals surface area contributed by atoms with E-state index in [2.05, 4.69) is 10.2 Å². The average molecular weight is 285 g/mol. The van der Waals surface area contributed by atoms with E-state index in [0.29, 0.717) is 13.0 Å². The van der Waals surface area contributed by atoms with Gasteiger partial charge in [-0.05, 0) is 33.4 Å². The highest BCUT2D eigenvalue weighted by molar-refractivity contribution is 5.82. The van der Waals surface area contributed by atoms with Crippen LogP contribution in [-0.2, 0) is 4.79 Å². The van der Waals surface area contributed by atoms with Gasteiger partial charge in [0.1, 0.15) is 6.04 Å². The van der Waals surface area contributed by atoms with Gasteiger partial charge in [0.25, 0.3) is 0 Å². The molecule has 2 N–H and O–H groups in total. The molecule has 116 valence electrons. The molecule has 0 aromatic heterocycles. The van der Waals surface area contributed by atoms with Gasteiger partial charge in [-0.3, -0.25) is 0 Å². The van der Waals surface area contributed by atoms with Gasteiger partial charge in [-0.2, -0.15) is 0 Å². The lowest BCUT2D eigenvalue weighted by Crippen LogP contribution is -2.54. The Hall–Kier alpha value is -1.30. The van der Waals surface area contributed by atoms with E-state index in [1.54, 1.807) is 6.92 Å². The predicted molar refractivity (Wildman–Crippen MR) is 77.8 cm³/mol. The zero-order valence-electron chi connectivity index (χ0n) is 13.0. The van der Waals surface area contributed by atoms with E-state index < -0.39 is 12.0 Å². The minimum atomic E-state index is -0.965. The predicted octanol–water partition coefficient (Wildman–Crippen LogP) is 1.37. The number of carboxylic acid groups (broad SMARTS) is 1. The number of carbonyl (C=O) groups excluding carboxylic acids is 1. The van der Waals surface area contributed by atoms with Gasteiger partial charge >= 0.3 is 12.0 Å². The Morgan fingerprint density at radius 2 is 1.80 bits per heavy atom. The standard InChI is InChI=1S/C14H27N3O3/c1-5-11(12(18)19)17(4)13(20)15-10-14(16(2)3)8-6-7-9-14/h11H,5-10H2,1-4H3,(H,15,20)(H,18,19). The summed E-state index contributed by atoms with van der Waals surface area (Å²) in [7, 11) is 5.61. The molecule has 0 aromatic carbocycles. The number of carboxylic acids is 1.